The fraction of sp³-hybridized carbons (Fsp3) is 0.444. The third kappa shape index (κ3) is 7.13. The van der Waals surface area contributed by atoms with Gasteiger partial charge in [0.2, 0.25) is 5.91 Å². The molecule has 3 amide bonds. The van der Waals surface area contributed by atoms with Crippen molar-refractivity contribution in [3.05, 3.63) is 53.2 Å². The number of amides is 3. The molecule has 2 aromatic heterocycles. The second-order valence-electron chi connectivity index (χ2n) is 10.3. The highest BCUT2D eigenvalue weighted by Crippen LogP contribution is 2.35. The lowest BCUT2D eigenvalue weighted by molar-refractivity contribution is -0.140. The van der Waals surface area contributed by atoms with Crippen molar-refractivity contribution in [1.82, 2.24) is 34.9 Å². The average molecular weight is 646 g/mol. The first-order chi connectivity index (χ1) is 19.5. The van der Waals surface area contributed by atoms with Crippen molar-refractivity contribution in [2.75, 3.05) is 44.6 Å². The number of alkyl halides is 3. The number of nitrogens with one attached hydrogen (secondary N) is 3. The number of benzene rings is 1. The zero-order valence-electron chi connectivity index (χ0n) is 23.5. The van der Waals surface area contributed by atoms with Crippen LogP contribution in [0.4, 0.5) is 18.9 Å². The van der Waals surface area contributed by atoms with Crippen LogP contribution in [0.1, 0.15) is 45.1 Å². The number of aromatic amines is 1. The Morgan fingerprint density at radius 3 is 2.28 bits per heavy atom. The van der Waals surface area contributed by atoms with Gasteiger partial charge in [0.1, 0.15) is 5.69 Å². The first-order valence-electron chi connectivity index (χ1n) is 13.4. The van der Waals surface area contributed by atoms with Crippen LogP contribution in [-0.2, 0) is 18.0 Å². The lowest BCUT2D eigenvalue weighted by Gasteiger charge is -2.37. The Balaban J connectivity index is 0.00000253. The van der Waals surface area contributed by atoms with E-state index in [1.54, 1.807) is 30.0 Å². The van der Waals surface area contributed by atoms with Gasteiger partial charge in [-0.25, -0.2) is 4.98 Å². The Kier molecular flexibility index (Phi) is 10.9. The highest BCUT2D eigenvalue weighted by Gasteiger charge is 2.37. The molecule has 11 nitrogen and oxygen atoms in total. The molecule has 2 aliphatic rings. The molecular formula is C27H33Cl2F3N8O3. The molecule has 0 radical (unpaired) electrons. The number of aryl methyl sites for hydroxylation is 1. The summed E-state index contributed by atoms with van der Waals surface area (Å²) in [6.45, 7) is 5.34. The number of imidazole rings is 1. The molecule has 0 spiro atoms. The molecule has 0 bridgehead atoms. The summed E-state index contributed by atoms with van der Waals surface area (Å²) >= 11 is 0. The minimum absolute atomic E-state index is 0. The summed E-state index contributed by atoms with van der Waals surface area (Å²) in [5, 5.41) is 11.4. The first kappa shape index (κ1) is 33.9. The summed E-state index contributed by atoms with van der Waals surface area (Å²) < 4.78 is 41.1. The van der Waals surface area contributed by atoms with Crippen LogP contribution in [0.5, 0.6) is 0 Å². The van der Waals surface area contributed by atoms with Crippen molar-refractivity contribution in [1.29, 1.82) is 0 Å². The summed E-state index contributed by atoms with van der Waals surface area (Å²) in [7, 11) is 1.44. The van der Waals surface area contributed by atoms with Gasteiger partial charge in [0.05, 0.1) is 23.7 Å². The second kappa shape index (κ2) is 13.8. The number of nitrogens with zero attached hydrogens (tertiary/aromatic N) is 5. The molecule has 5 rings (SSSR count). The highest BCUT2D eigenvalue weighted by molar-refractivity contribution is 6.03. The minimum Gasteiger partial charge on any atom is -0.339 e. The van der Waals surface area contributed by atoms with Crippen LogP contribution in [-0.4, -0.2) is 86.5 Å². The van der Waals surface area contributed by atoms with Gasteiger partial charge in [0, 0.05) is 50.4 Å². The van der Waals surface area contributed by atoms with E-state index in [2.05, 4.69) is 20.7 Å². The zero-order valence-corrected chi connectivity index (χ0v) is 25.2. The molecule has 16 heteroatoms. The number of H-pyrrole nitrogens is 1. The summed E-state index contributed by atoms with van der Waals surface area (Å²) in [5.41, 5.74) is 0.367. The molecule has 0 unspecified atom stereocenters. The van der Waals surface area contributed by atoms with E-state index >= 15 is 0 Å². The van der Waals surface area contributed by atoms with E-state index in [0.717, 1.165) is 32.1 Å². The molecule has 2 saturated heterocycles. The lowest BCUT2D eigenvalue weighted by atomic mass is 9.96. The topological polar surface area (TPSA) is 128 Å². The molecule has 2 aliphatic heterocycles. The Morgan fingerprint density at radius 2 is 1.65 bits per heavy atom. The van der Waals surface area contributed by atoms with E-state index in [4.69, 9.17) is 0 Å². The van der Waals surface area contributed by atoms with Gasteiger partial charge in [-0.05, 0) is 56.6 Å². The summed E-state index contributed by atoms with van der Waals surface area (Å²) in [4.78, 5) is 46.6. The van der Waals surface area contributed by atoms with Gasteiger partial charge in [-0.1, -0.05) is 0 Å². The number of aromatic nitrogens is 4. The molecule has 0 aliphatic carbocycles. The molecule has 234 valence electrons. The van der Waals surface area contributed by atoms with Gasteiger partial charge in [0.15, 0.2) is 5.82 Å². The van der Waals surface area contributed by atoms with Crippen molar-refractivity contribution in [3.8, 4) is 11.3 Å². The largest absolute Gasteiger partial charge is 0.433 e. The Hall–Kier alpha value is -3.62. The molecule has 2 fully saturated rings. The highest BCUT2D eigenvalue weighted by atomic mass is 35.5. The van der Waals surface area contributed by atoms with Crippen LogP contribution in [0, 0.1) is 12.8 Å². The number of halogens is 5. The van der Waals surface area contributed by atoms with Crippen molar-refractivity contribution in [3.63, 3.8) is 0 Å². The average Bonchev–Trinajstić information content (AvgIpc) is 3.60. The minimum atomic E-state index is -4.65. The molecule has 4 heterocycles. The Bertz CT molecular complexity index is 1460. The summed E-state index contributed by atoms with van der Waals surface area (Å²) in [6.07, 6.45) is -0.753. The molecule has 0 atom stereocenters. The van der Waals surface area contributed by atoms with Crippen molar-refractivity contribution < 1.29 is 27.6 Å². The molecule has 0 saturated carbocycles. The van der Waals surface area contributed by atoms with Gasteiger partial charge >= 0.3 is 6.18 Å². The van der Waals surface area contributed by atoms with E-state index in [0.29, 0.717) is 43.0 Å². The number of hydrogen-bond donors (Lipinski definition) is 3. The third-order valence-electron chi connectivity index (χ3n) is 7.67. The van der Waals surface area contributed by atoms with Gasteiger partial charge in [-0.3, -0.25) is 19.5 Å². The van der Waals surface area contributed by atoms with Crippen LogP contribution in [0.2, 0.25) is 0 Å². The fourth-order valence-electron chi connectivity index (χ4n) is 5.36. The van der Waals surface area contributed by atoms with Gasteiger partial charge in [-0.15, -0.1) is 24.8 Å². The van der Waals surface area contributed by atoms with Crippen LogP contribution in [0.25, 0.3) is 11.3 Å². The predicted molar refractivity (Wildman–Crippen MR) is 157 cm³/mol. The molecule has 43 heavy (non-hydrogen) atoms. The number of piperidine rings is 1. The monoisotopic (exact) mass is 644 g/mol. The lowest BCUT2D eigenvalue weighted by Crippen LogP contribution is -2.52. The first-order valence-corrected chi connectivity index (χ1v) is 13.4. The van der Waals surface area contributed by atoms with Crippen LogP contribution in [0.15, 0.2) is 30.6 Å². The molecular weight excluding hydrogens is 612 g/mol. The Labute approximate surface area is 258 Å². The van der Waals surface area contributed by atoms with E-state index in [9.17, 15) is 27.6 Å². The van der Waals surface area contributed by atoms with Gasteiger partial charge in [0.25, 0.3) is 11.8 Å². The van der Waals surface area contributed by atoms with E-state index in [1.807, 2.05) is 10.00 Å². The molecule has 3 aromatic rings. The SMILES string of the molecule is Cc1cc(NC(=O)c2ncc(-c3cn[nH]c3C(F)(F)F)n2C)ccc1C(=O)N1CCN(C(=O)C2CCNCC2)CC1.Cl.Cl. The second-order valence-corrected chi connectivity index (χ2v) is 10.3. The third-order valence-corrected chi connectivity index (χ3v) is 7.67. The van der Waals surface area contributed by atoms with E-state index in [-0.39, 0.29) is 59.6 Å². The number of rotatable bonds is 5. The number of carbonyl (C=O) groups is 3. The zero-order chi connectivity index (χ0) is 29.3. The molecule has 3 N–H and O–H groups in total. The Morgan fingerprint density at radius 1 is 1.00 bits per heavy atom. The van der Waals surface area contributed by atoms with Crippen molar-refractivity contribution in [2.24, 2.45) is 13.0 Å². The van der Waals surface area contributed by atoms with Gasteiger partial charge in [-0.2, -0.15) is 18.3 Å². The smallest absolute Gasteiger partial charge is 0.339 e. The van der Waals surface area contributed by atoms with Crippen LogP contribution < -0.4 is 10.6 Å². The quantitative estimate of drug-likeness (QED) is 0.390. The summed E-state index contributed by atoms with van der Waals surface area (Å²) in [5.74, 6) is -0.652. The predicted octanol–water partition coefficient (Wildman–Crippen LogP) is 3.52. The maximum atomic E-state index is 13.3. The van der Waals surface area contributed by atoms with Gasteiger partial charge < -0.3 is 25.0 Å². The van der Waals surface area contributed by atoms with E-state index < -0.39 is 17.8 Å². The van der Waals surface area contributed by atoms with Crippen molar-refractivity contribution in [2.45, 2.75) is 25.9 Å². The normalized spacial score (nSPS) is 15.8. The molecule has 1 aromatic carbocycles. The van der Waals surface area contributed by atoms with Crippen molar-refractivity contribution >= 4 is 48.2 Å². The number of piperazine rings is 1. The van der Waals surface area contributed by atoms with Crippen LogP contribution >= 0.6 is 24.8 Å². The van der Waals surface area contributed by atoms with E-state index in [1.165, 1.54) is 17.8 Å². The standard InChI is InChI=1S/C27H31F3N8O3.2ClH/c1-16-13-18(34-24(39)23-32-15-21(36(23)2)20-14-33-35-22(20)27(28,29)30)3-4-19(16)26(41)38-11-9-37(10-12-38)25(40)17-5-7-31-8-6-17;;/h3-4,13-15,17,31H,5-12H2,1-2H3,(H,33,35)(H,34,39);2*1H. The summed E-state index contributed by atoms with van der Waals surface area (Å²) in [6, 6.07) is 4.88. The fourth-order valence-corrected chi connectivity index (χ4v) is 5.36. The van der Waals surface area contributed by atoms with Crippen LogP contribution in [0.3, 0.4) is 0 Å². The maximum Gasteiger partial charge on any atom is 0.433 e. The number of carbonyl (C=O) groups excluding carboxylic acids is 3. The number of hydrogen-bond acceptors (Lipinski definition) is 6. The maximum absolute atomic E-state index is 13.3. The number of anilines is 1.